The lowest BCUT2D eigenvalue weighted by Crippen LogP contribution is -2.44. The van der Waals surface area contributed by atoms with E-state index in [0.29, 0.717) is 17.9 Å². The van der Waals surface area contributed by atoms with Gasteiger partial charge in [0.25, 0.3) is 0 Å². The van der Waals surface area contributed by atoms with Crippen LogP contribution < -0.4 is 14.8 Å². The summed E-state index contributed by atoms with van der Waals surface area (Å²) in [5, 5.41) is 3.35. The van der Waals surface area contributed by atoms with E-state index >= 15 is 0 Å². The third-order valence-corrected chi connectivity index (χ3v) is 3.33. The standard InChI is InChI=1S/C17H27NO3/c1-11(2)17(19)14(18-12(3)4)9-13-7-8-15(20-5)16(10-13)21-6/h7-8,10-12,14,18H,9H2,1-6H3/t14-/m0/s1. The number of nitrogens with one attached hydrogen (secondary N) is 1. The third kappa shape index (κ3) is 5.05. The summed E-state index contributed by atoms with van der Waals surface area (Å²) in [6, 6.07) is 5.87. The first-order valence-electron chi connectivity index (χ1n) is 7.39. The molecule has 0 saturated carbocycles. The molecule has 4 nitrogen and oxygen atoms in total. The van der Waals surface area contributed by atoms with E-state index in [9.17, 15) is 4.79 Å². The van der Waals surface area contributed by atoms with Crippen molar-refractivity contribution < 1.29 is 14.3 Å². The Morgan fingerprint density at radius 1 is 1.10 bits per heavy atom. The minimum atomic E-state index is -0.178. The van der Waals surface area contributed by atoms with Crippen LogP contribution >= 0.6 is 0 Å². The predicted molar refractivity (Wildman–Crippen MR) is 85.2 cm³/mol. The highest BCUT2D eigenvalue weighted by Gasteiger charge is 2.22. The summed E-state index contributed by atoms with van der Waals surface area (Å²) in [6.45, 7) is 7.97. The van der Waals surface area contributed by atoms with Gasteiger partial charge in [-0.1, -0.05) is 33.8 Å². The van der Waals surface area contributed by atoms with Crippen molar-refractivity contribution in [2.75, 3.05) is 14.2 Å². The van der Waals surface area contributed by atoms with Crippen LogP contribution in [0.15, 0.2) is 18.2 Å². The van der Waals surface area contributed by atoms with Gasteiger partial charge in [-0.3, -0.25) is 4.79 Å². The minimum absolute atomic E-state index is 0.0152. The van der Waals surface area contributed by atoms with E-state index < -0.39 is 0 Å². The first-order chi connectivity index (χ1) is 9.88. The molecular weight excluding hydrogens is 266 g/mol. The molecule has 1 aromatic rings. The van der Waals surface area contributed by atoms with E-state index in [2.05, 4.69) is 19.2 Å². The summed E-state index contributed by atoms with van der Waals surface area (Å²) < 4.78 is 10.6. The second-order valence-corrected chi connectivity index (χ2v) is 5.82. The Hall–Kier alpha value is -1.55. The normalized spacial score (nSPS) is 12.6. The van der Waals surface area contributed by atoms with Crippen molar-refractivity contribution in [3.63, 3.8) is 0 Å². The summed E-state index contributed by atoms with van der Waals surface area (Å²) in [5.41, 5.74) is 1.06. The molecule has 0 aliphatic rings. The Balaban J connectivity index is 2.95. The largest absolute Gasteiger partial charge is 0.493 e. The molecule has 0 amide bonds. The van der Waals surface area contributed by atoms with Crippen molar-refractivity contribution in [3.8, 4) is 11.5 Å². The summed E-state index contributed by atoms with van der Waals surface area (Å²) >= 11 is 0. The van der Waals surface area contributed by atoms with Crippen LogP contribution in [0.5, 0.6) is 11.5 Å². The molecule has 0 radical (unpaired) electrons. The van der Waals surface area contributed by atoms with E-state index in [0.717, 1.165) is 5.56 Å². The van der Waals surface area contributed by atoms with E-state index in [4.69, 9.17) is 9.47 Å². The van der Waals surface area contributed by atoms with Gasteiger partial charge in [-0.05, 0) is 24.1 Å². The molecule has 0 saturated heterocycles. The number of benzene rings is 1. The quantitative estimate of drug-likeness (QED) is 0.800. The average Bonchev–Trinajstić information content (AvgIpc) is 2.44. The molecule has 1 aromatic carbocycles. The summed E-state index contributed by atoms with van der Waals surface area (Å²) in [7, 11) is 3.23. The maximum Gasteiger partial charge on any atom is 0.160 e. The van der Waals surface area contributed by atoms with Gasteiger partial charge >= 0.3 is 0 Å². The molecule has 0 aliphatic carbocycles. The van der Waals surface area contributed by atoms with E-state index in [-0.39, 0.29) is 23.8 Å². The fourth-order valence-electron chi connectivity index (χ4n) is 2.29. The average molecular weight is 293 g/mol. The molecule has 0 fully saturated rings. The SMILES string of the molecule is COc1ccc(C[C@H](NC(C)C)C(=O)C(C)C)cc1OC. The molecule has 1 atom stereocenters. The second-order valence-electron chi connectivity index (χ2n) is 5.82. The Labute approximate surface area is 127 Å². The number of hydrogen-bond acceptors (Lipinski definition) is 4. The molecule has 0 aliphatic heterocycles. The lowest BCUT2D eigenvalue weighted by molar-refractivity contribution is -0.124. The molecule has 4 heteroatoms. The predicted octanol–water partition coefficient (Wildman–Crippen LogP) is 2.84. The van der Waals surface area contributed by atoms with Gasteiger partial charge in [-0.2, -0.15) is 0 Å². The summed E-state index contributed by atoms with van der Waals surface area (Å²) in [6.07, 6.45) is 0.648. The number of ketones is 1. The highest BCUT2D eigenvalue weighted by molar-refractivity contribution is 5.86. The van der Waals surface area contributed by atoms with Gasteiger partial charge in [-0.15, -0.1) is 0 Å². The molecule has 0 heterocycles. The molecule has 1 N–H and O–H groups in total. The zero-order valence-corrected chi connectivity index (χ0v) is 13.9. The van der Waals surface area contributed by atoms with E-state index in [1.807, 2.05) is 32.0 Å². The number of ether oxygens (including phenoxy) is 2. The van der Waals surface area contributed by atoms with Gasteiger partial charge in [0.15, 0.2) is 17.3 Å². The van der Waals surface area contributed by atoms with Gasteiger partial charge in [0, 0.05) is 12.0 Å². The highest BCUT2D eigenvalue weighted by atomic mass is 16.5. The Morgan fingerprint density at radius 2 is 1.71 bits per heavy atom. The number of rotatable bonds is 8. The maximum absolute atomic E-state index is 12.3. The fourth-order valence-corrected chi connectivity index (χ4v) is 2.29. The highest BCUT2D eigenvalue weighted by Crippen LogP contribution is 2.28. The zero-order valence-electron chi connectivity index (χ0n) is 13.9. The monoisotopic (exact) mass is 293 g/mol. The second kappa shape index (κ2) is 8.03. The van der Waals surface area contributed by atoms with Crippen LogP contribution in [-0.4, -0.2) is 32.1 Å². The maximum atomic E-state index is 12.3. The summed E-state index contributed by atoms with van der Waals surface area (Å²) in [5.74, 6) is 1.64. The van der Waals surface area contributed by atoms with Crippen LogP contribution in [0.2, 0.25) is 0 Å². The Bertz CT molecular complexity index is 469. The van der Waals surface area contributed by atoms with Gasteiger partial charge in [-0.25, -0.2) is 0 Å². The Kier molecular flexibility index (Phi) is 6.69. The smallest absolute Gasteiger partial charge is 0.160 e. The van der Waals surface area contributed by atoms with Gasteiger partial charge in [0.05, 0.1) is 20.3 Å². The van der Waals surface area contributed by atoms with Crippen LogP contribution in [0.4, 0.5) is 0 Å². The van der Waals surface area contributed by atoms with Crippen LogP contribution in [-0.2, 0) is 11.2 Å². The minimum Gasteiger partial charge on any atom is -0.493 e. The number of carbonyl (C=O) groups is 1. The number of hydrogen-bond donors (Lipinski definition) is 1. The fraction of sp³-hybridized carbons (Fsp3) is 0.588. The topological polar surface area (TPSA) is 47.6 Å². The van der Waals surface area contributed by atoms with Crippen molar-refractivity contribution in [1.82, 2.24) is 5.32 Å². The molecule has 0 aromatic heterocycles. The van der Waals surface area contributed by atoms with Gasteiger partial charge in [0.1, 0.15) is 0 Å². The lowest BCUT2D eigenvalue weighted by Gasteiger charge is -2.22. The van der Waals surface area contributed by atoms with Crippen molar-refractivity contribution in [1.29, 1.82) is 0 Å². The van der Waals surface area contributed by atoms with Crippen LogP contribution in [0.25, 0.3) is 0 Å². The van der Waals surface area contributed by atoms with Crippen molar-refractivity contribution in [2.45, 2.75) is 46.2 Å². The first kappa shape index (κ1) is 17.5. The van der Waals surface area contributed by atoms with E-state index in [1.54, 1.807) is 14.2 Å². The van der Waals surface area contributed by atoms with Crippen molar-refractivity contribution in [3.05, 3.63) is 23.8 Å². The molecule has 118 valence electrons. The summed E-state index contributed by atoms with van der Waals surface area (Å²) in [4.78, 5) is 12.3. The van der Waals surface area contributed by atoms with Crippen molar-refractivity contribution >= 4 is 5.78 Å². The molecule has 1 rings (SSSR count). The van der Waals surface area contributed by atoms with Crippen LogP contribution in [0.3, 0.4) is 0 Å². The number of methoxy groups -OCH3 is 2. The first-order valence-corrected chi connectivity index (χ1v) is 7.39. The Morgan fingerprint density at radius 3 is 2.19 bits per heavy atom. The number of carbonyl (C=O) groups excluding carboxylic acids is 1. The zero-order chi connectivity index (χ0) is 16.0. The van der Waals surface area contributed by atoms with Crippen LogP contribution in [0.1, 0.15) is 33.3 Å². The molecule has 0 bridgehead atoms. The lowest BCUT2D eigenvalue weighted by atomic mass is 9.95. The molecular formula is C17H27NO3. The van der Waals surface area contributed by atoms with Crippen LogP contribution in [0, 0.1) is 5.92 Å². The van der Waals surface area contributed by atoms with Gasteiger partial charge < -0.3 is 14.8 Å². The van der Waals surface area contributed by atoms with Crippen molar-refractivity contribution in [2.24, 2.45) is 5.92 Å². The molecule has 0 unspecified atom stereocenters. The number of Topliss-reactive ketones (excluding diaryl/α,β-unsaturated/α-hetero) is 1. The molecule has 0 spiro atoms. The third-order valence-electron chi connectivity index (χ3n) is 3.33. The van der Waals surface area contributed by atoms with Gasteiger partial charge in [0.2, 0.25) is 0 Å². The molecule has 21 heavy (non-hydrogen) atoms. The van der Waals surface area contributed by atoms with E-state index in [1.165, 1.54) is 0 Å².